The Morgan fingerprint density at radius 3 is 2.92 bits per heavy atom. The van der Waals surface area contributed by atoms with Gasteiger partial charge in [0.05, 0.1) is 17.3 Å². The first-order chi connectivity index (χ1) is 12.2. The highest BCUT2D eigenvalue weighted by atomic mass is 16.1. The molecule has 2 fully saturated rings. The highest BCUT2D eigenvalue weighted by Gasteiger charge is 2.29. The van der Waals surface area contributed by atoms with Crippen LogP contribution in [0.1, 0.15) is 54.4 Å². The van der Waals surface area contributed by atoms with Crippen molar-refractivity contribution in [2.75, 3.05) is 19.6 Å². The second kappa shape index (κ2) is 7.16. The quantitative estimate of drug-likeness (QED) is 0.931. The van der Waals surface area contributed by atoms with Gasteiger partial charge in [0.15, 0.2) is 0 Å². The maximum Gasteiger partial charge on any atom is 0.255 e. The topological polar surface area (TPSA) is 49.6 Å². The van der Waals surface area contributed by atoms with Gasteiger partial charge in [0.2, 0.25) is 0 Å². The van der Waals surface area contributed by atoms with Crippen molar-refractivity contribution in [2.24, 2.45) is 5.92 Å². The fraction of sp³-hybridized carbons (Fsp3) is 0.600. The Morgan fingerprint density at radius 2 is 2.08 bits per heavy atom. The molecule has 5 heteroatoms. The zero-order chi connectivity index (χ0) is 17.2. The Hall–Kier alpha value is -1.88. The van der Waals surface area contributed by atoms with Gasteiger partial charge in [-0.25, -0.2) is 4.52 Å². The van der Waals surface area contributed by atoms with Crippen molar-refractivity contribution in [2.45, 2.75) is 51.5 Å². The van der Waals surface area contributed by atoms with Gasteiger partial charge >= 0.3 is 0 Å². The number of pyridine rings is 1. The summed E-state index contributed by atoms with van der Waals surface area (Å²) in [6.07, 6.45) is 11.7. The Kier molecular flexibility index (Phi) is 4.75. The Balaban J connectivity index is 1.33. The third-order valence-electron chi connectivity index (χ3n) is 5.87. The van der Waals surface area contributed by atoms with Gasteiger partial charge in [-0.2, -0.15) is 5.10 Å². The number of likely N-dealkylation sites (tertiary alicyclic amines) is 1. The zero-order valence-corrected chi connectivity index (χ0v) is 15.1. The molecule has 2 aliphatic rings. The Morgan fingerprint density at radius 1 is 1.24 bits per heavy atom. The molecule has 0 aromatic carbocycles. The summed E-state index contributed by atoms with van der Waals surface area (Å²) in [4.78, 5) is 15.2. The van der Waals surface area contributed by atoms with E-state index in [1.54, 1.807) is 10.7 Å². The minimum absolute atomic E-state index is 0.00466. The van der Waals surface area contributed by atoms with Crippen LogP contribution >= 0.6 is 0 Å². The minimum atomic E-state index is -0.00466. The molecule has 2 aromatic heterocycles. The molecule has 1 amide bonds. The second-order valence-electron chi connectivity index (χ2n) is 7.75. The number of hydrogen-bond acceptors (Lipinski definition) is 3. The molecule has 1 saturated carbocycles. The minimum Gasteiger partial charge on any atom is -0.352 e. The van der Waals surface area contributed by atoms with Crippen molar-refractivity contribution in [1.29, 1.82) is 0 Å². The molecule has 5 nitrogen and oxygen atoms in total. The summed E-state index contributed by atoms with van der Waals surface area (Å²) in [5.41, 5.74) is 2.68. The lowest BCUT2D eigenvalue weighted by Gasteiger charge is -2.31. The van der Waals surface area contributed by atoms with E-state index >= 15 is 0 Å². The number of carbonyl (C=O) groups excluding carboxylic acids is 1. The summed E-state index contributed by atoms with van der Waals surface area (Å²) in [7, 11) is 0. The van der Waals surface area contributed by atoms with E-state index in [9.17, 15) is 4.79 Å². The molecule has 1 atom stereocenters. The van der Waals surface area contributed by atoms with Crippen LogP contribution in [0.5, 0.6) is 0 Å². The first-order valence-electron chi connectivity index (χ1n) is 9.67. The Bertz CT molecular complexity index is 747. The first-order valence-corrected chi connectivity index (χ1v) is 9.67. The van der Waals surface area contributed by atoms with Gasteiger partial charge in [0.25, 0.3) is 5.91 Å². The number of amides is 1. The van der Waals surface area contributed by atoms with E-state index in [1.807, 2.05) is 25.3 Å². The van der Waals surface area contributed by atoms with Crippen LogP contribution in [0.4, 0.5) is 0 Å². The molecule has 1 saturated heterocycles. The maximum absolute atomic E-state index is 12.6. The number of fused-ring (bicyclic) bond motifs is 1. The molecular weight excluding hydrogens is 312 g/mol. The highest BCUT2D eigenvalue weighted by Crippen LogP contribution is 2.27. The van der Waals surface area contributed by atoms with Gasteiger partial charge in [-0.1, -0.05) is 25.3 Å². The number of aryl methyl sites for hydroxylation is 1. The van der Waals surface area contributed by atoms with Crippen LogP contribution in [0.2, 0.25) is 0 Å². The van der Waals surface area contributed by atoms with Crippen LogP contribution in [0.15, 0.2) is 24.5 Å². The van der Waals surface area contributed by atoms with Crippen LogP contribution in [-0.2, 0) is 0 Å². The molecule has 1 aliphatic carbocycles. The molecule has 4 rings (SSSR count). The lowest BCUT2D eigenvalue weighted by molar-refractivity contribution is 0.0948. The maximum atomic E-state index is 12.6. The van der Waals surface area contributed by atoms with Crippen molar-refractivity contribution < 1.29 is 4.79 Å². The smallest absolute Gasteiger partial charge is 0.255 e. The van der Waals surface area contributed by atoms with Crippen LogP contribution in [0, 0.1) is 12.8 Å². The molecule has 3 heterocycles. The SMILES string of the molecule is Cc1ccc2c(C(=O)NCC3CCN(C4CCCCC4)C3)cnn2c1. The third-order valence-corrected chi connectivity index (χ3v) is 5.87. The van der Waals surface area contributed by atoms with E-state index < -0.39 is 0 Å². The number of rotatable bonds is 4. The summed E-state index contributed by atoms with van der Waals surface area (Å²) in [5, 5.41) is 7.44. The second-order valence-corrected chi connectivity index (χ2v) is 7.75. The van der Waals surface area contributed by atoms with Crippen LogP contribution in [0.3, 0.4) is 0 Å². The average molecular weight is 340 g/mol. The molecule has 134 valence electrons. The fourth-order valence-corrected chi connectivity index (χ4v) is 4.40. The molecule has 1 aliphatic heterocycles. The normalized spacial score (nSPS) is 22.5. The van der Waals surface area contributed by atoms with Crippen molar-refractivity contribution in [1.82, 2.24) is 19.8 Å². The van der Waals surface area contributed by atoms with E-state index in [-0.39, 0.29) is 5.91 Å². The summed E-state index contributed by atoms with van der Waals surface area (Å²) < 4.78 is 1.78. The van der Waals surface area contributed by atoms with E-state index in [1.165, 1.54) is 45.1 Å². The van der Waals surface area contributed by atoms with Gasteiger partial charge in [0, 0.05) is 25.3 Å². The van der Waals surface area contributed by atoms with Gasteiger partial charge in [-0.3, -0.25) is 4.79 Å². The monoisotopic (exact) mass is 340 g/mol. The molecule has 1 N–H and O–H groups in total. The van der Waals surface area contributed by atoms with Crippen molar-refractivity contribution in [3.05, 3.63) is 35.7 Å². The summed E-state index contributed by atoms with van der Waals surface area (Å²) in [6, 6.07) is 4.78. The molecule has 25 heavy (non-hydrogen) atoms. The van der Waals surface area contributed by atoms with Gasteiger partial charge in [-0.05, 0) is 50.3 Å². The number of nitrogens with one attached hydrogen (secondary N) is 1. The molecular formula is C20H28N4O. The molecule has 0 spiro atoms. The van der Waals surface area contributed by atoms with Gasteiger partial charge in [0.1, 0.15) is 0 Å². The average Bonchev–Trinajstić information content (AvgIpc) is 3.27. The van der Waals surface area contributed by atoms with E-state index in [0.717, 1.165) is 30.2 Å². The van der Waals surface area contributed by atoms with E-state index in [4.69, 9.17) is 0 Å². The van der Waals surface area contributed by atoms with Crippen molar-refractivity contribution in [3.8, 4) is 0 Å². The number of carbonyl (C=O) groups is 1. The molecule has 2 aromatic rings. The third kappa shape index (κ3) is 3.56. The van der Waals surface area contributed by atoms with Crippen molar-refractivity contribution >= 4 is 11.4 Å². The zero-order valence-electron chi connectivity index (χ0n) is 15.1. The van der Waals surface area contributed by atoms with Gasteiger partial charge in [-0.15, -0.1) is 0 Å². The predicted octanol–water partition coefficient (Wildman–Crippen LogP) is 3.03. The van der Waals surface area contributed by atoms with Crippen molar-refractivity contribution in [3.63, 3.8) is 0 Å². The fourth-order valence-electron chi connectivity index (χ4n) is 4.40. The largest absolute Gasteiger partial charge is 0.352 e. The molecule has 0 radical (unpaired) electrons. The van der Waals surface area contributed by atoms with E-state index in [0.29, 0.717) is 11.5 Å². The lowest BCUT2D eigenvalue weighted by atomic mass is 9.94. The first kappa shape index (κ1) is 16.6. The standard InChI is InChI=1S/C20H28N4O/c1-15-7-8-19-18(12-22-24(19)13-15)20(25)21-11-16-9-10-23(14-16)17-5-3-2-4-6-17/h7-8,12-13,16-17H,2-6,9-11,14H2,1H3,(H,21,25). The lowest BCUT2D eigenvalue weighted by Crippen LogP contribution is -2.36. The number of nitrogens with zero attached hydrogens (tertiary/aromatic N) is 3. The van der Waals surface area contributed by atoms with Crippen LogP contribution in [-0.4, -0.2) is 46.1 Å². The number of aromatic nitrogens is 2. The highest BCUT2D eigenvalue weighted by molar-refractivity contribution is 6.00. The summed E-state index contributed by atoms with van der Waals surface area (Å²) in [6.45, 7) is 5.13. The van der Waals surface area contributed by atoms with Crippen LogP contribution in [0.25, 0.3) is 5.52 Å². The number of hydrogen-bond donors (Lipinski definition) is 1. The van der Waals surface area contributed by atoms with E-state index in [2.05, 4.69) is 15.3 Å². The summed E-state index contributed by atoms with van der Waals surface area (Å²) in [5.74, 6) is 0.574. The Labute approximate surface area is 149 Å². The van der Waals surface area contributed by atoms with Gasteiger partial charge < -0.3 is 10.2 Å². The van der Waals surface area contributed by atoms with Crippen LogP contribution < -0.4 is 5.32 Å². The molecule has 0 bridgehead atoms. The molecule has 1 unspecified atom stereocenters. The predicted molar refractivity (Wildman–Crippen MR) is 98.8 cm³/mol. The summed E-state index contributed by atoms with van der Waals surface area (Å²) >= 11 is 0.